The first-order valence-electron chi connectivity index (χ1n) is 8.16. The molecule has 8 nitrogen and oxygen atoms in total. The fourth-order valence-electron chi connectivity index (χ4n) is 2.82. The third-order valence-electron chi connectivity index (χ3n) is 4.13. The molecule has 1 aliphatic rings. The number of nitrogens with zero attached hydrogens (tertiary/aromatic N) is 4. The average Bonchev–Trinajstić information content (AvgIpc) is 3.01. The summed E-state index contributed by atoms with van der Waals surface area (Å²) in [6.45, 7) is 1.48. The van der Waals surface area contributed by atoms with Crippen molar-refractivity contribution in [1.82, 2.24) is 15.0 Å². The van der Waals surface area contributed by atoms with Gasteiger partial charge >= 0.3 is 0 Å². The van der Waals surface area contributed by atoms with Crippen LogP contribution < -0.4 is 4.74 Å². The first-order chi connectivity index (χ1) is 12.7. The monoisotopic (exact) mass is 352 g/mol. The molecule has 0 aliphatic carbocycles. The fourth-order valence-corrected chi connectivity index (χ4v) is 2.82. The summed E-state index contributed by atoms with van der Waals surface area (Å²) in [5.41, 5.74) is 2.49. The Kier molecular flexibility index (Phi) is 4.32. The molecule has 26 heavy (non-hydrogen) atoms. The normalized spacial score (nSPS) is 16.4. The summed E-state index contributed by atoms with van der Waals surface area (Å²) in [6, 6.07) is 14.0. The predicted octanol–water partition coefficient (Wildman–Crippen LogP) is 2.83. The molecule has 1 unspecified atom stereocenters. The summed E-state index contributed by atoms with van der Waals surface area (Å²) in [5, 5.41) is 19.0. The van der Waals surface area contributed by atoms with E-state index >= 15 is 0 Å². The van der Waals surface area contributed by atoms with Gasteiger partial charge in [-0.25, -0.2) is 4.68 Å². The lowest BCUT2D eigenvalue weighted by Crippen LogP contribution is -2.27. The van der Waals surface area contributed by atoms with Crippen LogP contribution >= 0.6 is 0 Å². The lowest BCUT2D eigenvalue weighted by Gasteiger charge is -2.16. The molecule has 1 aliphatic heterocycles. The van der Waals surface area contributed by atoms with E-state index in [9.17, 15) is 10.1 Å². The first-order valence-corrected chi connectivity index (χ1v) is 8.16. The lowest BCUT2D eigenvalue weighted by molar-refractivity contribution is -0.384. The smallest absolute Gasteiger partial charge is 0.269 e. The molecule has 1 atom stereocenters. The second kappa shape index (κ2) is 6.93. The number of aromatic nitrogens is 3. The number of para-hydroxylation sites is 1. The van der Waals surface area contributed by atoms with Gasteiger partial charge in [-0.05, 0) is 18.2 Å². The van der Waals surface area contributed by atoms with Crippen molar-refractivity contribution >= 4 is 5.69 Å². The summed E-state index contributed by atoms with van der Waals surface area (Å²) in [5.74, 6) is 0.825. The first kappa shape index (κ1) is 16.2. The van der Waals surface area contributed by atoms with Crippen molar-refractivity contribution in [2.75, 3.05) is 6.61 Å². The summed E-state index contributed by atoms with van der Waals surface area (Å²) < 4.78 is 13.4. The molecule has 0 bridgehead atoms. The Morgan fingerprint density at radius 1 is 1.19 bits per heavy atom. The molecule has 2 heterocycles. The molecule has 0 saturated heterocycles. The van der Waals surface area contributed by atoms with Crippen molar-refractivity contribution in [1.29, 1.82) is 0 Å². The van der Waals surface area contributed by atoms with Crippen LogP contribution in [-0.4, -0.2) is 32.6 Å². The Labute approximate surface area is 149 Å². The van der Waals surface area contributed by atoms with Gasteiger partial charge in [0.15, 0.2) is 0 Å². The summed E-state index contributed by atoms with van der Waals surface area (Å²) in [4.78, 5) is 10.3. The van der Waals surface area contributed by atoms with Crippen LogP contribution in [-0.2, 0) is 17.9 Å². The van der Waals surface area contributed by atoms with E-state index in [0.717, 1.165) is 16.9 Å². The standard InChI is InChI=1S/C18H16N4O4/c23-22(24)15-7-5-13(6-8-15)17-10-21(20-19-17)9-16-12-25-11-14-3-1-2-4-18(14)26-16/h1-8,10,16H,9,11-12H2. The van der Waals surface area contributed by atoms with Gasteiger partial charge in [0.2, 0.25) is 0 Å². The molecule has 0 spiro atoms. The molecular weight excluding hydrogens is 336 g/mol. The van der Waals surface area contributed by atoms with Gasteiger partial charge in [0.1, 0.15) is 17.5 Å². The molecular formula is C18H16N4O4. The number of ether oxygens (including phenoxy) is 2. The molecule has 0 fully saturated rings. The SMILES string of the molecule is O=[N+]([O-])c1ccc(-c2cn(CC3COCc4ccccc4O3)nn2)cc1. The van der Waals surface area contributed by atoms with Crippen molar-refractivity contribution in [3.63, 3.8) is 0 Å². The van der Waals surface area contributed by atoms with E-state index in [1.165, 1.54) is 12.1 Å². The highest BCUT2D eigenvalue weighted by Gasteiger charge is 2.19. The van der Waals surface area contributed by atoms with Gasteiger partial charge in [-0.1, -0.05) is 23.4 Å². The van der Waals surface area contributed by atoms with Gasteiger partial charge in [0.05, 0.1) is 30.9 Å². The number of nitro groups is 1. The maximum Gasteiger partial charge on any atom is 0.269 e. The Morgan fingerprint density at radius 3 is 2.81 bits per heavy atom. The zero-order valence-electron chi connectivity index (χ0n) is 13.8. The topological polar surface area (TPSA) is 92.3 Å². The minimum absolute atomic E-state index is 0.0452. The zero-order valence-corrected chi connectivity index (χ0v) is 13.8. The van der Waals surface area contributed by atoms with Crippen molar-refractivity contribution in [2.24, 2.45) is 0 Å². The van der Waals surface area contributed by atoms with E-state index in [1.54, 1.807) is 23.0 Å². The largest absolute Gasteiger partial charge is 0.486 e. The van der Waals surface area contributed by atoms with E-state index in [-0.39, 0.29) is 11.8 Å². The summed E-state index contributed by atoms with van der Waals surface area (Å²) >= 11 is 0. The Bertz CT molecular complexity index is 923. The van der Waals surface area contributed by atoms with Crippen LogP contribution in [0.1, 0.15) is 5.56 Å². The average molecular weight is 352 g/mol. The molecule has 3 aromatic rings. The molecule has 0 saturated carbocycles. The van der Waals surface area contributed by atoms with Crippen molar-refractivity contribution < 1.29 is 14.4 Å². The number of benzene rings is 2. The van der Waals surface area contributed by atoms with Crippen LogP contribution in [0.3, 0.4) is 0 Å². The maximum absolute atomic E-state index is 10.7. The predicted molar refractivity (Wildman–Crippen MR) is 92.6 cm³/mol. The summed E-state index contributed by atoms with van der Waals surface area (Å²) in [6.07, 6.45) is 1.62. The number of fused-ring (bicyclic) bond motifs is 1. The molecule has 132 valence electrons. The van der Waals surface area contributed by atoms with Crippen LogP contribution in [0.15, 0.2) is 54.7 Å². The molecule has 0 radical (unpaired) electrons. The molecule has 0 amide bonds. The van der Waals surface area contributed by atoms with Gasteiger partial charge in [0.25, 0.3) is 5.69 Å². The van der Waals surface area contributed by atoms with Crippen LogP contribution in [0.4, 0.5) is 5.69 Å². The number of non-ortho nitro benzene ring substituents is 1. The molecule has 2 aromatic carbocycles. The summed E-state index contributed by atoms with van der Waals surface area (Å²) in [7, 11) is 0. The van der Waals surface area contributed by atoms with Crippen molar-refractivity contribution in [2.45, 2.75) is 19.3 Å². The number of hydrogen-bond donors (Lipinski definition) is 0. The molecule has 4 rings (SSSR count). The van der Waals surface area contributed by atoms with Gasteiger partial charge in [-0.2, -0.15) is 0 Å². The zero-order chi connectivity index (χ0) is 17.9. The second-order valence-corrected chi connectivity index (χ2v) is 5.99. The highest BCUT2D eigenvalue weighted by atomic mass is 16.6. The molecule has 1 aromatic heterocycles. The third-order valence-corrected chi connectivity index (χ3v) is 4.13. The highest BCUT2D eigenvalue weighted by molar-refractivity contribution is 5.59. The molecule has 0 N–H and O–H groups in total. The Balaban J connectivity index is 1.47. The van der Waals surface area contributed by atoms with Crippen LogP contribution in [0.5, 0.6) is 5.75 Å². The van der Waals surface area contributed by atoms with Crippen LogP contribution in [0, 0.1) is 10.1 Å². The van der Waals surface area contributed by atoms with Crippen LogP contribution in [0.25, 0.3) is 11.3 Å². The van der Waals surface area contributed by atoms with E-state index in [1.807, 2.05) is 24.3 Å². The van der Waals surface area contributed by atoms with E-state index in [4.69, 9.17) is 9.47 Å². The number of rotatable bonds is 4. The van der Waals surface area contributed by atoms with E-state index in [2.05, 4.69) is 10.3 Å². The van der Waals surface area contributed by atoms with Gasteiger partial charge in [-0.3, -0.25) is 10.1 Å². The van der Waals surface area contributed by atoms with Crippen LogP contribution in [0.2, 0.25) is 0 Å². The fraction of sp³-hybridized carbons (Fsp3) is 0.222. The van der Waals surface area contributed by atoms with Crippen molar-refractivity contribution in [3.05, 3.63) is 70.4 Å². The quantitative estimate of drug-likeness (QED) is 0.529. The minimum Gasteiger partial charge on any atom is -0.486 e. The minimum atomic E-state index is -0.429. The highest BCUT2D eigenvalue weighted by Crippen LogP contribution is 2.24. The number of nitro benzene ring substituents is 1. The number of hydrogen-bond acceptors (Lipinski definition) is 6. The van der Waals surface area contributed by atoms with E-state index in [0.29, 0.717) is 25.5 Å². The maximum atomic E-state index is 10.7. The van der Waals surface area contributed by atoms with Gasteiger partial charge in [-0.15, -0.1) is 5.10 Å². The van der Waals surface area contributed by atoms with E-state index < -0.39 is 4.92 Å². The third kappa shape index (κ3) is 3.40. The van der Waals surface area contributed by atoms with Gasteiger partial charge in [0, 0.05) is 23.3 Å². The van der Waals surface area contributed by atoms with Crippen molar-refractivity contribution in [3.8, 4) is 17.0 Å². The second-order valence-electron chi connectivity index (χ2n) is 5.99. The molecule has 8 heteroatoms. The Morgan fingerprint density at radius 2 is 2.00 bits per heavy atom. The Hall–Kier alpha value is -3.26. The van der Waals surface area contributed by atoms with Gasteiger partial charge < -0.3 is 9.47 Å². The lowest BCUT2D eigenvalue weighted by atomic mass is 10.1.